The Morgan fingerprint density at radius 1 is 1.34 bits per heavy atom. The Morgan fingerprint density at radius 3 is 2.53 bits per heavy atom. The molecule has 2 heterocycles. The molecule has 0 bridgehead atoms. The van der Waals surface area contributed by atoms with Crippen LogP contribution in [0.2, 0.25) is 0 Å². The molecule has 1 aliphatic heterocycles. The van der Waals surface area contributed by atoms with Gasteiger partial charge in [-0.05, 0) is 19.1 Å². The number of amidine groups is 1. The molecule has 1 aromatic rings. The highest BCUT2D eigenvalue weighted by atomic mass is 19.4. The quantitative estimate of drug-likeness (QED) is 0.294. The first-order valence-corrected chi connectivity index (χ1v) is 8.48. The fraction of sp³-hybridized carbons (Fsp3) is 0.294. The van der Waals surface area contributed by atoms with Crippen molar-refractivity contribution in [3.05, 3.63) is 47.3 Å². The van der Waals surface area contributed by atoms with Gasteiger partial charge in [0.1, 0.15) is 23.1 Å². The Hall–Kier alpha value is -3.78. The number of hydrogen-bond donors (Lipinski definition) is 4. The largest absolute Gasteiger partial charge is 0.459 e. The van der Waals surface area contributed by atoms with Crippen LogP contribution in [0.25, 0.3) is 0 Å². The number of ether oxygens (including phenoxy) is 1. The molecule has 0 spiro atoms. The zero-order valence-electron chi connectivity index (χ0n) is 16.3. The smallest absolute Gasteiger partial charge is 0.417 e. The average molecular weight is 465 g/mol. The lowest BCUT2D eigenvalue weighted by Crippen LogP contribution is -2.51. The molecule has 1 aliphatic rings. The van der Waals surface area contributed by atoms with Crippen molar-refractivity contribution in [2.45, 2.75) is 24.6 Å². The number of amides is 1. The second kappa shape index (κ2) is 8.39. The van der Waals surface area contributed by atoms with Crippen LogP contribution in [0, 0.1) is 5.82 Å². The third-order valence-electron chi connectivity index (χ3n) is 4.20. The van der Waals surface area contributed by atoms with Crippen LogP contribution in [0.15, 0.2) is 45.8 Å². The van der Waals surface area contributed by atoms with Crippen molar-refractivity contribution < 1.29 is 35.9 Å². The topological polar surface area (TPSA) is 154 Å². The van der Waals surface area contributed by atoms with Gasteiger partial charge in [-0.3, -0.25) is 4.79 Å². The maximum atomic E-state index is 14.5. The molecule has 7 N–H and O–H groups in total. The summed E-state index contributed by atoms with van der Waals surface area (Å²) in [6, 6.07) is 0.979. The third kappa shape index (κ3) is 4.92. The van der Waals surface area contributed by atoms with E-state index in [0.717, 1.165) is 13.0 Å². The summed E-state index contributed by atoms with van der Waals surface area (Å²) in [4.78, 5) is 22.7. The normalized spacial score (nSPS) is 20.3. The van der Waals surface area contributed by atoms with Crippen LogP contribution in [0.1, 0.15) is 12.6 Å². The number of pyridine rings is 1. The van der Waals surface area contributed by atoms with E-state index in [1.165, 1.54) is 0 Å². The van der Waals surface area contributed by atoms with Gasteiger partial charge in [0.15, 0.2) is 17.8 Å². The van der Waals surface area contributed by atoms with Gasteiger partial charge in [0.05, 0.1) is 5.57 Å². The van der Waals surface area contributed by atoms with Crippen LogP contribution in [0.5, 0.6) is 0 Å². The van der Waals surface area contributed by atoms with Crippen molar-refractivity contribution >= 4 is 24.0 Å². The van der Waals surface area contributed by atoms with Gasteiger partial charge in [-0.2, -0.15) is 22.0 Å². The Morgan fingerprint density at radius 2 is 1.97 bits per heavy atom. The predicted molar refractivity (Wildman–Crippen MR) is 102 cm³/mol. The number of hydrogen-bond acceptors (Lipinski definition) is 8. The van der Waals surface area contributed by atoms with Crippen LogP contribution >= 0.6 is 0 Å². The van der Waals surface area contributed by atoms with Gasteiger partial charge in [-0.1, -0.05) is 6.58 Å². The van der Waals surface area contributed by atoms with Crippen LogP contribution in [0.3, 0.4) is 0 Å². The van der Waals surface area contributed by atoms with Gasteiger partial charge in [-0.15, -0.1) is 0 Å². The number of nitrogens with two attached hydrogens (primary N) is 3. The molecule has 174 valence electrons. The van der Waals surface area contributed by atoms with E-state index in [-0.39, 0.29) is 6.21 Å². The summed E-state index contributed by atoms with van der Waals surface area (Å²) in [7, 11) is 0. The molecule has 2 rings (SSSR count). The number of aliphatic imine (C=N–C) groups is 2. The molecule has 1 amide bonds. The lowest BCUT2D eigenvalue weighted by Gasteiger charge is -2.36. The summed E-state index contributed by atoms with van der Waals surface area (Å²) in [5.74, 6) is -7.43. The van der Waals surface area contributed by atoms with Crippen LogP contribution < -0.4 is 22.5 Å². The molecule has 15 heteroatoms. The number of rotatable bonds is 5. The van der Waals surface area contributed by atoms with Gasteiger partial charge < -0.3 is 27.3 Å². The lowest BCUT2D eigenvalue weighted by molar-refractivity contribution is -0.118. The van der Waals surface area contributed by atoms with E-state index in [1.807, 2.05) is 5.32 Å². The summed E-state index contributed by atoms with van der Waals surface area (Å²) in [6.07, 6.45) is -4.62. The van der Waals surface area contributed by atoms with E-state index in [0.29, 0.717) is 6.07 Å². The van der Waals surface area contributed by atoms with Crippen molar-refractivity contribution in [2.75, 3.05) is 11.9 Å². The number of aromatic nitrogens is 1. The van der Waals surface area contributed by atoms with Gasteiger partial charge >= 0.3 is 12.1 Å². The number of anilines is 1. The number of carbonyl (C=O) groups excluding carboxylic acids is 1. The predicted octanol–water partition coefficient (Wildman–Crippen LogP) is 1.63. The number of halogens is 6. The monoisotopic (exact) mass is 465 g/mol. The first kappa shape index (κ1) is 24.5. The maximum Gasteiger partial charge on any atom is 0.417 e. The molecule has 0 fully saturated rings. The van der Waals surface area contributed by atoms with Gasteiger partial charge in [0.2, 0.25) is 0 Å². The van der Waals surface area contributed by atoms with E-state index in [2.05, 4.69) is 26.3 Å². The zero-order valence-corrected chi connectivity index (χ0v) is 16.3. The third-order valence-corrected chi connectivity index (χ3v) is 4.20. The van der Waals surface area contributed by atoms with Gasteiger partial charge in [0.25, 0.3) is 11.9 Å². The summed E-state index contributed by atoms with van der Waals surface area (Å²) in [5, 5.41) is 2.03. The Kier molecular flexibility index (Phi) is 6.42. The van der Waals surface area contributed by atoms with E-state index >= 15 is 0 Å². The number of allylic oxidation sites excluding steroid dienone is 1. The van der Waals surface area contributed by atoms with Crippen LogP contribution in [0.4, 0.5) is 32.2 Å². The fourth-order valence-corrected chi connectivity index (χ4v) is 2.37. The molecule has 0 saturated carbocycles. The number of carbonyl (C=O) groups is 1. The van der Waals surface area contributed by atoms with Gasteiger partial charge in [-0.25, -0.2) is 19.4 Å². The lowest BCUT2D eigenvalue weighted by atomic mass is 9.89. The second-order valence-electron chi connectivity index (χ2n) is 6.58. The summed E-state index contributed by atoms with van der Waals surface area (Å²) in [6.45, 7) is 2.39. The summed E-state index contributed by atoms with van der Waals surface area (Å²) in [5.41, 5.74) is 10.2. The standard InChI is InChI=1S/C17H17F6N7O2/c1-7(17(21,22)23)5-27-10(12(24)25)13(31)29-9-4-3-8(18)11(28-9)15(2)16(19,20)6-32-14(26)30-15/h3-5H,1,6,24-25H2,2H3,(H2,26,30)(H,28,29,31)/t15-/m1/s1. The second-order valence-corrected chi connectivity index (χ2v) is 6.58. The minimum absolute atomic E-state index is 0.208. The average Bonchev–Trinajstić information content (AvgIpc) is 2.65. The molecule has 1 atom stereocenters. The minimum Gasteiger partial charge on any atom is -0.459 e. The summed E-state index contributed by atoms with van der Waals surface area (Å²) < 4.78 is 85.3. The number of nitrogens with zero attached hydrogens (tertiary/aromatic N) is 3. The zero-order chi connectivity index (χ0) is 24.5. The van der Waals surface area contributed by atoms with Crippen LogP contribution in [-0.4, -0.2) is 41.8 Å². The molecule has 0 radical (unpaired) electrons. The van der Waals surface area contributed by atoms with E-state index in [1.54, 1.807) is 0 Å². The van der Waals surface area contributed by atoms with E-state index in [4.69, 9.17) is 17.2 Å². The molecular weight excluding hydrogens is 448 g/mol. The van der Waals surface area contributed by atoms with Gasteiger partial charge in [0, 0.05) is 6.21 Å². The first-order valence-electron chi connectivity index (χ1n) is 8.48. The minimum atomic E-state index is -4.82. The molecule has 0 aliphatic carbocycles. The highest BCUT2D eigenvalue weighted by Crippen LogP contribution is 2.43. The van der Waals surface area contributed by atoms with Crippen molar-refractivity contribution in [1.29, 1.82) is 0 Å². The number of nitrogens with one attached hydrogen (secondary N) is 1. The SMILES string of the molecule is C=C(C=NC(C(=O)Nc1ccc(F)c([C@@]2(C)N=C(N)OCC2(F)F)n1)=C(N)N)C(F)(F)F. The first-order chi connectivity index (χ1) is 14.6. The van der Waals surface area contributed by atoms with E-state index in [9.17, 15) is 31.1 Å². The molecular formula is C17H17F6N7O2. The molecule has 1 aromatic heterocycles. The summed E-state index contributed by atoms with van der Waals surface area (Å²) >= 11 is 0. The number of alkyl halides is 5. The maximum absolute atomic E-state index is 14.5. The van der Waals surface area contributed by atoms with Crippen molar-refractivity contribution in [2.24, 2.45) is 27.2 Å². The Bertz CT molecular complexity index is 1030. The van der Waals surface area contributed by atoms with Crippen molar-refractivity contribution in [3.8, 4) is 0 Å². The molecule has 9 nitrogen and oxygen atoms in total. The fourth-order valence-electron chi connectivity index (χ4n) is 2.37. The van der Waals surface area contributed by atoms with Crippen molar-refractivity contribution in [3.63, 3.8) is 0 Å². The highest BCUT2D eigenvalue weighted by molar-refractivity contribution is 6.04. The molecule has 32 heavy (non-hydrogen) atoms. The van der Waals surface area contributed by atoms with E-state index < -0.39 is 70.6 Å². The van der Waals surface area contributed by atoms with Crippen LogP contribution in [-0.2, 0) is 15.1 Å². The Labute approximate surface area is 176 Å². The van der Waals surface area contributed by atoms with Crippen molar-refractivity contribution in [1.82, 2.24) is 4.98 Å². The molecule has 0 unspecified atom stereocenters. The highest BCUT2D eigenvalue weighted by Gasteiger charge is 2.57. The Balaban J connectivity index is 2.39. The molecule has 0 aromatic carbocycles. The molecule has 0 saturated heterocycles.